The van der Waals surface area contributed by atoms with Crippen LogP contribution in [-0.4, -0.2) is 53.8 Å². The zero-order valence-electron chi connectivity index (χ0n) is 25.9. The summed E-state index contributed by atoms with van der Waals surface area (Å²) in [6.45, 7) is 8.79. The molecule has 0 aliphatic carbocycles. The van der Waals surface area contributed by atoms with Crippen LogP contribution < -0.4 is 10.6 Å². The predicted octanol–water partition coefficient (Wildman–Crippen LogP) is 5.59. The van der Waals surface area contributed by atoms with E-state index >= 15 is 0 Å². The third kappa shape index (κ3) is 8.86. The second kappa shape index (κ2) is 14.3. The average molecular weight is 608 g/mol. The van der Waals surface area contributed by atoms with E-state index in [2.05, 4.69) is 43.5 Å². The number of amides is 2. The molecule has 3 aromatic rings. The Balaban J connectivity index is 1.58. The molecule has 0 saturated carbocycles. The molecule has 236 valence electrons. The molecule has 1 fully saturated rings. The van der Waals surface area contributed by atoms with Gasteiger partial charge in [0.05, 0.1) is 17.7 Å². The van der Waals surface area contributed by atoms with E-state index in [1.165, 1.54) is 19.1 Å². The summed E-state index contributed by atoms with van der Waals surface area (Å²) in [4.78, 5) is 27.0. The number of piperidine rings is 1. The van der Waals surface area contributed by atoms with Crippen LogP contribution in [0.5, 0.6) is 0 Å². The Morgan fingerprint density at radius 3 is 2.36 bits per heavy atom. The molecule has 0 spiro atoms. The third-order valence-electron chi connectivity index (χ3n) is 8.12. The molecule has 2 amide bonds. The van der Waals surface area contributed by atoms with Gasteiger partial charge in [0.15, 0.2) is 0 Å². The number of halogens is 2. The van der Waals surface area contributed by atoms with Crippen molar-refractivity contribution >= 4 is 12.0 Å². The van der Waals surface area contributed by atoms with E-state index in [0.29, 0.717) is 31.5 Å². The Morgan fingerprint density at radius 2 is 1.70 bits per heavy atom. The first kappa shape index (κ1) is 33.1. The van der Waals surface area contributed by atoms with E-state index in [-0.39, 0.29) is 30.9 Å². The van der Waals surface area contributed by atoms with Crippen LogP contribution in [0.25, 0.3) is 0 Å². The van der Waals surface area contributed by atoms with Crippen LogP contribution in [0.15, 0.2) is 72.8 Å². The van der Waals surface area contributed by atoms with E-state index in [9.17, 15) is 23.5 Å². The number of hydrogen-bond donors (Lipinski definition) is 3. The van der Waals surface area contributed by atoms with Crippen LogP contribution in [0, 0.1) is 11.6 Å². The van der Waals surface area contributed by atoms with Crippen molar-refractivity contribution in [1.29, 1.82) is 0 Å². The SMILES string of the molecule is CC(=O)NC(Cc1cc(F)cc(F)c1)C(O)CNC1(c2cccc(C(C)(C)C)c2)CCCN(C(=O)OCc2ccccc2)C1. The summed E-state index contributed by atoms with van der Waals surface area (Å²) in [5.74, 6) is -1.83. The minimum Gasteiger partial charge on any atom is -0.445 e. The molecular weight excluding hydrogens is 564 g/mol. The van der Waals surface area contributed by atoms with Crippen LogP contribution in [0.4, 0.5) is 13.6 Å². The Labute approximate surface area is 258 Å². The standard InChI is InChI=1S/C35H43F2N3O4/c1-24(41)39-31(18-26-16-29(36)20-30(37)17-26)32(42)21-38-35(28-13-8-12-27(19-28)34(2,3)4)14-9-15-40(23-35)33(43)44-22-25-10-6-5-7-11-25/h5-8,10-13,16-17,19-20,31-32,38,42H,9,14-15,18,21-23H2,1-4H3,(H,39,41). The molecule has 1 aliphatic heterocycles. The lowest BCUT2D eigenvalue weighted by Gasteiger charge is -2.44. The first-order valence-corrected chi connectivity index (χ1v) is 15.1. The number of hydrogen-bond acceptors (Lipinski definition) is 5. The number of carbonyl (C=O) groups is 2. The fourth-order valence-corrected chi connectivity index (χ4v) is 5.76. The molecule has 0 radical (unpaired) electrons. The molecule has 0 aromatic heterocycles. The van der Waals surface area contributed by atoms with Gasteiger partial charge in [-0.2, -0.15) is 0 Å². The highest BCUT2D eigenvalue weighted by Gasteiger charge is 2.40. The molecule has 7 nitrogen and oxygen atoms in total. The normalized spacial score (nSPS) is 18.4. The van der Waals surface area contributed by atoms with Gasteiger partial charge in [-0.3, -0.25) is 4.79 Å². The lowest BCUT2D eigenvalue weighted by Crippen LogP contribution is -2.59. The summed E-state index contributed by atoms with van der Waals surface area (Å²) >= 11 is 0. The van der Waals surface area contributed by atoms with Crippen LogP contribution in [0.3, 0.4) is 0 Å². The predicted molar refractivity (Wildman–Crippen MR) is 166 cm³/mol. The number of nitrogens with zero attached hydrogens (tertiary/aromatic N) is 1. The quantitative estimate of drug-likeness (QED) is 0.280. The molecule has 3 unspecified atom stereocenters. The number of rotatable bonds is 10. The third-order valence-corrected chi connectivity index (χ3v) is 8.12. The van der Waals surface area contributed by atoms with Gasteiger partial charge in [0.1, 0.15) is 18.2 Å². The highest BCUT2D eigenvalue weighted by Crippen LogP contribution is 2.35. The van der Waals surface area contributed by atoms with E-state index in [1.807, 2.05) is 42.5 Å². The highest BCUT2D eigenvalue weighted by atomic mass is 19.1. The monoisotopic (exact) mass is 607 g/mol. The Morgan fingerprint density at radius 1 is 1.00 bits per heavy atom. The van der Waals surface area contributed by atoms with Crippen molar-refractivity contribution in [1.82, 2.24) is 15.5 Å². The fraction of sp³-hybridized carbons (Fsp3) is 0.429. The van der Waals surface area contributed by atoms with Crippen LogP contribution in [-0.2, 0) is 33.5 Å². The number of nitrogens with one attached hydrogen (secondary N) is 2. The summed E-state index contributed by atoms with van der Waals surface area (Å²) in [6.07, 6.45) is -0.108. The zero-order valence-corrected chi connectivity index (χ0v) is 25.9. The van der Waals surface area contributed by atoms with Crippen molar-refractivity contribution in [2.45, 2.75) is 76.7 Å². The molecular formula is C35H43F2N3O4. The van der Waals surface area contributed by atoms with Crippen LogP contribution >= 0.6 is 0 Å². The summed E-state index contributed by atoms with van der Waals surface area (Å²) in [5.41, 5.74) is 2.48. The second-order valence-corrected chi connectivity index (χ2v) is 12.7. The molecule has 9 heteroatoms. The molecule has 0 bridgehead atoms. The minimum atomic E-state index is -1.10. The van der Waals surface area contributed by atoms with E-state index < -0.39 is 35.4 Å². The molecule has 44 heavy (non-hydrogen) atoms. The van der Waals surface area contributed by atoms with Gasteiger partial charge in [0, 0.05) is 32.6 Å². The van der Waals surface area contributed by atoms with Gasteiger partial charge in [-0.05, 0) is 59.1 Å². The van der Waals surface area contributed by atoms with Crippen molar-refractivity contribution < 1.29 is 28.2 Å². The molecule has 1 saturated heterocycles. The maximum Gasteiger partial charge on any atom is 0.410 e. The van der Waals surface area contributed by atoms with Gasteiger partial charge in [-0.1, -0.05) is 75.4 Å². The number of aliphatic hydroxyl groups excluding tert-OH is 1. The second-order valence-electron chi connectivity index (χ2n) is 12.7. The summed E-state index contributed by atoms with van der Waals surface area (Å²) in [6, 6.07) is 20.1. The number of benzene rings is 3. The van der Waals surface area contributed by atoms with Crippen LogP contribution in [0.1, 0.15) is 62.8 Å². The highest BCUT2D eigenvalue weighted by molar-refractivity contribution is 5.73. The maximum absolute atomic E-state index is 13.9. The number of likely N-dealkylation sites (tertiary alicyclic amines) is 1. The van der Waals surface area contributed by atoms with Gasteiger partial charge in [-0.15, -0.1) is 0 Å². The van der Waals surface area contributed by atoms with Crippen molar-refractivity contribution in [2.24, 2.45) is 0 Å². The number of carbonyl (C=O) groups excluding carboxylic acids is 2. The summed E-state index contributed by atoms with van der Waals surface area (Å²) < 4.78 is 33.5. The van der Waals surface area contributed by atoms with Crippen molar-refractivity contribution in [2.75, 3.05) is 19.6 Å². The Kier molecular flexibility index (Phi) is 10.8. The maximum atomic E-state index is 13.9. The van der Waals surface area contributed by atoms with Crippen molar-refractivity contribution in [3.63, 3.8) is 0 Å². The first-order chi connectivity index (χ1) is 20.8. The lowest BCUT2D eigenvalue weighted by molar-refractivity contribution is -0.120. The van der Waals surface area contributed by atoms with E-state index in [1.54, 1.807) is 4.90 Å². The fourth-order valence-electron chi connectivity index (χ4n) is 5.76. The zero-order chi connectivity index (χ0) is 31.9. The summed E-state index contributed by atoms with van der Waals surface area (Å²) in [7, 11) is 0. The summed E-state index contributed by atoms with van der Waals surface area (Å²) in [5, 5.41) is 17.6. The lowest BCUT2D eigenvalue weighted by atomic mass is 9.78. The minimum absolute atomic E-state index is 0.0293. The van der Waals surface area contributed by atoms with Crippen LogP contribution in [0.2, 0.25) is 0 Å². The molecule has 3 aromatic carbocycles. The van der Waals surface area contributed by atoms with Gasteiger partial charge >= 0.3 is 6.09 Å². The molecule has 3 N–H and O–H groups in total. The Hall–Kier alpha value is -3.82. The van der Waals surface area contributed by atoms with Gasteiger partial charge in [0.25, 0.3) is 0 Å². The first-order valence-electron chi connectivity index (χ1n) is 15.1. The van der Waals surface area contributed by atoms with Gasteiger partial charge < -0.3 is 25.4 Å². The van der Waals surface area contributed by atoms with Gasteiger partial charge in [-0.25, -0.2) is 13.6 Å². The number of ether oxygens (including phenoxy) is 1. The largest absolute Gasteiger partial charge is 0.445 e. The molecule has 4 rings (SSSR count). The van der Waals surface area contributed by atoms with Crippen molar-refractivity contribution in [3.05, 3.63) is 107 Å². The smallest absolute Gasteiger partial charge is 0.410 e. The topological polar surface area (TPSA) is 90.9 Å². The molecule has 3 atom stereocenters. The average Bonchev–Trinajstić information content (AvgIpc) is 2.98. The number of aliphatic hydroxyl groups is 1. The van der Waals surface area contributed by atoms with E-state index in [4.69, 9.17) is 4.74 Å². The Bertz CT molecular complexity index is 1410. The van der Waals surface area contributed by atoms with E-state index in [0.717, 1.165) is 22.8 Å². The molecule has 1 aliphatic rings. The van der Waals surface area contributed by atoms with Crippen molar-refractivity contribution in [3.8, 4) is 0 Å². The molecule has 1 heterocycles. The van der Waals surface area contributed by atoms with Gasteiger partial charge in [0.2, 0.25) is 5.91 Å².